The Labute approximate surface area is 119 Å². The van der Waals surface area contributed by atoms with Crippen molar-refractivity contribution in [1.82, 2.24) is 0 Å². The fourth-order valence-corrected chi connectivity index (χ4v) is 1.70. The lowest BCUT2D eigenvalue weighted by atomic mass is 10.2. The van der Waals surface area contributed by atoms with E-state index in [-0.39, 0.29) is 23.7 Å². The first kappa shape index (κ1) is 14.6. The number of furan rings is 1. The number of nitrogens with one attached hydrogen (secondary N) is 2. The molecule has 0 bridgehead atoms. The zero-order chi connectivity index (χ0) is 15.4. The molecular formula is C14H13FN2O4. The summed E-state index contributed by atoms with van der Waals surface area (Å²) in [6.45, 7) is 1.52. The van der Waals surface area contributed by atoms with Crippen molar-refractivity contribution in [3.63, 3.8) is 0 Å². The van der Waals surface area contributed by atoms with Crippen LogP contribution in [0.5, 0.6) is 0 Å². The van der Waals surface area contributed by atoms with Crippen LogP contribution in [0.2, 0.25) is 0 Å². The standard InChI is InChI=1S/C14H13FN2O4/c1-8(18)17-13-5-10(2-3-12(13)15)16-6-11-4-9(7-21-11)14(19)20/h2-5,7,16H,6H2,1H3,(H,17,18)(H,19,20). The van der Waals surface area contributed by atoms with Crippen LogP contribution in [0.3, 0.4) is 0 Å². The highest BCUT2D eigenvalue weighted by atomic mass is 19.1. The zero-order valence-electron chi connectivity index (χ0n) is 11.1. The van der Waals surface area contributed by atoms with Crippen LogP contribution in [-0.2, 0) is 11.3 Å². The molecule has 0 fully saturated rings. The van der Waals surface area contributed by atoms with Gasteiger partial charge in [-0.25, -0.2) is 9.18 Å². The third kappa shape index (κ3) is 3.82. The molecule has 2 aromatic rings. The van der Waals surface area contributed by atoms with Gasteiger partial charge in [-0.05, 0) is 24.3 Å². The summed E-state index contributed by atoms with van der Waals surface area (Å²) >= 11 is 0. The highest BCUT2D eigenvalue weighted by molar-refractivity contribution is 5.89. The molecule has 0 aliphatic heterocycles. The van der Waals surface area contributed by atoms with Gasteiger partial charge < -0.3 is 20.2 Å². The predicted molar refractivity (Wildman–Crippen MR) is 73.7 cm³/mol. The van der Waals surface area contributed by atoms with Gasteiger partial charge in [0.2, 0.25) is 5.91 Å². The topological polar surface area (TPSA) is 91.6 Å². The molecule has 3 N–H and O–H groups in total. The molecule has 0 radical (unpaired) electrons. The van der Waals surface area contributed by atoms with Crippen molar-refractivity contribution >= 4 is 23.3 Å². The Morgan fingerprint density at radius 2 is 2.10 bits per heavy atom. The molecule has 0 atom stereocenters. The maximum atomic E-state index is 13.5. The number of benzene rings is 1. The van der Waals surface area contributed by atoms with Crippen LogP contribution in [0.25, 0.3) is 0 Å². The van der Waals surface area contributed by atoms with Crippen LogP contribution >= 0.6 is 0 Å². The maximum absolute atomic E-state index is 13.5. The summed E-state index contributed by atoms with van der Waals surface area (Å²) < 4.78 is 18.5. The molecule has 1 heterocycles. The molecule has 0 aliphatic carbocycles. The minimum Gasteiger partial charge on any atom is -0.478 e. The lowest BCUT2D eigenvalue weighted by molar-refractivity contribution is -0.114. The molecule has 0 unspecified atom stereocenters. The minimum absolute atomic E-state index is 0.0600. The first-order chi connectivity index (χ1) is 9.95. The second-order valence-corrected chi connectivity index (χ2v) is 4.34. The molecular weight excluding hydrogens is 279 g/mol. The van der Waals surface area contributed by atoms with Gasteiger partial charge in [-0.1, -0.05) is 0 Å². The smallest absolute Gasteiger partial charge is 0.338 e. The summed E-state index contributed by atoms with van der Waals surface area (Å²) in [4.78, 5) is 21.7. The first-order valence-electron chi connectivity index (χ1n) is 6.07. The molecule has 110 valence electrons. The summed E-state index contributed by atoms with van der Waals surface area (Å²) in [6.07, 6.45) is 1.15. The average Bonchev–Trinajstić information content (AvgIpc) is 2.88. The van der Waals surface area contributed by atoms with E-state index in [2.05, 4.69) is 10.6 Å². The van der Waals surface area contributed by atoms with E-state index in [1.165, 1.54) is 31.2 Å². The summed E-state index contributed by atoms with van der Waals surface area (Å²) in [6, 6.07) is 5.56. The second kappa shape index (κ2) is 6.08. The van der Waals surface area contributed by atoms with E-state index in [0.717, 1.165) is 6.26 Å². The Balaban J connectivity index is 2.05. The molecule has 1 amide bonds. The van der Waals surface area contributed by atoms with Gasteiger partial charge in [-0.2, -0.15) is 0 Å². The largest absolute Gasteiger partial charge is 0.478 e. The Morgan fingerprint density at radius 3 is 2.71 bits per heavy atom. The summed E-state index contributed by atoms with van der Waals surface area (Å²) in [5.41, 5.74) is 0.691. The number of anilines is 2. The van der Waals surface area contributed by atoms with Gasteiger partial charge in [0, 0.05) is 12.6 Å². The van der Waals surface area contributed by atoms with E-state index in [4.69, 9.17) is 9.52 Å². The number of amides is 1. The third-order valence-electron chi connectivity index (χ3n) is 2.64. The number of halogens is 1. The van der Waals surface area contributed by atoms with Crippen LogP contribution < -0.4 is 10.6 Å². The van der Waals surface area contributed by atoms with Crippen molar-refractivity contribution in [2.24, 2.45) is 0 Å². The molecule has 6 nitrogen and oxygen atoms in total. The minimum atomic E-state index is -1.07. The first-order valence-corrected chi connectivity index (χ1v) is 6.07. The number of carboxylic acids is 1. The predicted octanol–water partition coefficient (Wildman–Crippen LogP) is 2.69. The van der Waals surface area contributed by atoms with E-state index in [1.807, 2.05) is 0 Å². The third-order valence-corrected chi connectivity index (χ3v) is 2.64. The van der Waals surface area contributed by atoms with Crippen molar-refractivity contribution in [3.05, 3.63) is 47.7 Å². The molecule has 2 rings (SSSR count). The fourth-order valence-electron chi connectivity index (χ4n) is 1.70. The van der Waals surface area contributed by atoms with Crippen molar-refractivity contribution < 1.29 is 23.5 Å². The van der Waals surface area contributed by atoms with Gasteiger partial charge in [-0.3, -0.25) is 4.79 Å². The Bertz CT molecular complexity index is 681. The van der Waals surface area contributed by atoms with Crippen LogP contribution in [0.4, 0.5) is 15.8 Å². The van der Waals surface area contributed by atoms with Crippen molar-refractivity contribution in [2.75, 3.05) is 10.6 Å². The lowest BCUT2D eigenvalue weighted by Gasteiger charge is -2.08. The number of carbonyl (C=O) groups is 2. The molecule has 21 heavy (non-hydrogen) atoms. The number of hydrogen-bond donors (Lipinski definition) is 3. The average molecular weight is 292 g/mol. The Morgan fingerprint density at radius 1 is 1.33 bits per heavy atom. The van der Waals surface area contributed by atoms with Gasteiger partial charge in [0.1, 0.15) is 17.8 Å². The van der Waals surface area contributed by atoms with Gasteiger partial charge in [0.25, 0.3) is 0 Å². The molecule has 1 aromatic heterocycles. The van der Waals surface area contributed by atoms with Crippen molar-refractivity contribution in [3.8, 4) is 0 Å². The Hall–Kier alpha value is -2.83. The molecule has 0 saturated carbocycles. The fraction of sp³-hybridized carbons (Fsp3) is 0.143. The normalized spacial score (nSPS) is 10.2. The zero-order valence-corrected chi connectivity index (χ0v) is 11.1. The molecule has 1 aromatic carbocycles. The summed E-state index contributed by atoms with van der Waals surface area (Å²) in [5, 5.41) is 14.1. The number of hydrogen-bond acceptors (Lipinski definition) is 4. The van der Waals surface area contributed by atoms with Crippen LogP contribution in [0, 0.1) is 5.82 Å². The van der Waals surface area contributed by atoms with E-state index < -0.39 is 11.8 Å². The highest BCUT2D eigenvalue weighted by Gasteiger charge is 2.09. The SMILES string of the molecule is CC(=O)Nc1cc(NCc2cc(C(=O)O)co2)ccc1F. The van der Waals surface area contributed by atoms with E-state index in [9.17, 15) is 14.0 Å². The monoisotopic (exact) mass is 292 g/mol. The number of carboxylic acid groups (broad SMARTS) is 1. The Kier molecular flexibility index (Phi) is 4.22. The maximum Gasteiger partial charge on any atom is 0.338 e. The van der Waals surface area contributed by atoms with E-state index >= 15 is 0 Å². The van der Waals surface area contributed by atoms with Crippen LogP contribution in [-0.4, -0.2) is 17.0 Å². The lowest BCUT2D eigenvalue weighted by Crippen LogP contribution is -2.08. The molecule has 7 heteroatoms. The summed E-state index contributed by atoms with van der Waals surface area (Å²) in [5.74, 6) is -1.55. The van der Waals surface area contributed by atoms with Gasteiger partial charge >= 0.3 is 5.97 Å². The van der Waals surface area contributed by atoms with Crippen LogP contribution in [0.15, 0.2) is 34.9 Å². The van der Waals surface area contributed by atoms with Crippen molar-refractivity contribution in [2.45, 2.75) is 13.5 Å². The number of carbonyl (C=O) groups excluding carboxylic acids is 1. The molecule has 0 saturated heterocycles. The van der Waals surface area contributed by atoms with E-state index in [1.54, 1.807) is 0 Å². The quantitative estimate of drug-likeness (QED) is 0.788. The number of aromatic carboxylic acids is 1. The van der Waals surface area contributed by atoms with Crippen LogP contribution in [0.1, 0.15) is 23.0 Å². The summed E-state index contributed by atoms with van der Waals surface area (Å²) in [7, 11) is 0. The molecule has 0 spiro atoms. The molecule has 0 aliphatic rings. The van der Waals surface area contributed by atoms with Gasteiger partial charge in [-0.15, -0.1) is 0 Å². The number of rotatable bonds is 5. The van der Waals surface area contributed by atoms with Gasteiger partial charge in [0.15, 0.2) is 0 Å². The van der Waals surface area contributed by atoms with E-state index in [0.29, 0.717) is 11.4 Å². The second-order valence-electron chi connectivity index (χ2n) is 4.34. The van der Waals surface area contributed by atoms with Gasteiger partial charge in [0.05, 0.1) is 17.8 Å². The highest BCUT2D eigenvalue weighted by Crippen LogP contribution is 2.20. The van der Waals surface area contributed by atoms with Crippen molar-refractivity contribution in [1.29, 1.82) is 0 Å².